The van der Waals surface area contributed by atoms with Gasteiger partial charge in [0, 0.05) is 25.2 Å². The van der Waals surface area contributed by atoms with Gasteiger partial charge in [-0.3, -0.25) is 4.90 Å². The van der Waals surface area contributed by atoms with Crippen molar-refractivity contribution in [1.29, 1.82) is 0 Å². The highest BCUT2D eigenvalue weighted by Crippen LogP contribution is 2.31. The SMILES string of the molecule is CC1CN2CCCC2CN1c1ncc(N)s1. The predicted molar refractivity (Wildman–Crippen MR) is 67.9 cm³/mol. The Kier molecular flexibility index (Phi) is 2.52. The first kappa shape index (κ1) is 10.4. The molecule has 1 aromatic heterocycles. The summed E-state index contributed by atoms with van der Waals surface area (Å²) in [6, 6.07) is 1.29. The standard InChI is InChI=1S/C11H18N4S/c1-8-6-14-4-2-3-9(14)7-15(8)11-13-5-10(12)16-11/h5,8-9H,2-4,6-7,12H2,1H3. The van der Waals surface area contributed by atoms with Gasteiger partial charge in [-0.25, -0.2) is 4.98 Å². The summed E-state index contributed by atoms with van der Waals surface area (Å²) < 4.78 is 0. The molecule has 0 amide bonds. The van der Waals surface area contributed by atoms with Crippen LogP contribution in [0.3, 0.4) is 0 Å². The summed E-state index contributed by atoms with van der Waals surface area (Å²) in [5.74, 6) is 0. The topological polar surface area (TPSA) is 45.4 Å². The van der Waals surface area contributed by atoms with Crippen LogP contribution in [0.25, 0.3) is 0 Å². The van der Waals surface area contributed by atoms with Gasteiger partial charge >= 0.3 is 0 Å². The quantitative estimate of drug-likeness (QED) is 0.803. The number of aromatic nitrogens is 1. The van der Waals surface area contributed by atoms with Gasteiger partial charge in [-0.15, -0.1) is 0 Å². The third-order valence-electron chi connectivity index (χ3n) is 3.69. The number of rotatable bonds is 1. The Hall–Kier alpha value is -0.810. The molecule has 16 heavy (non-hydrogen) atoms. The van der Waals surface area contributed by atoms with Gasteiger partial charge in [0.05, 0.1) is 6.20 Å². The maximum atomic E-state index is 5.76. The average molecular weight is 238 g/mol. The van der Waals surface area contributed by atoms with Crippen molar-refractivity contribution < 1.29 is 0 Å². The van der Waals surface area contributed by atoms with Crippen molar-refractivity contribution in [2.75, 3.05) is 30.3 Å². The number of hydrogen-bond donors (Lipinski definition) is 1. The number of nitrogens with two attached hydrogens (primary N) is 1. The molecule has 4 nitrogen and oxygen atoms in total. The summed E-state index contributed by atoms with van der Waals surface area (Å²) in [6.07, 6.45) is 4.46. The third kappa shape index (κ3) is 1.68. The minimum absolute atomic E-state index is 0.555. The number of piperazine rings is 1. The second-order valence-electron chi connectivity index (χ2n) is 4.84. The third-order valence-corrected chi connectivity index (χ3v) is 4.56. The summed E-state index contributed by atoms with van der Waals surface area (Å²) in [7, 11) is 0. The van der Waals surface area contributed by atoms with E-state index in [4.69, 9.17) is 5.73 Å². The molecular weight excluding hydrogens is 220 g/mol. The van der Waals surface area contributed by atoms with Crippen LogP contribution in [-0.2, 0) is 0 Å². The van der Waals surface area contributed by atoms with Crippen LogP contribution in [0.15, 0.2) is 6.20 Å². The minimum atomic E-state index is 0.555. The van der Waals surface area contributed by atoms with Gasteiger partial charge in [0.2, 0.25) is 0 Å². The van der Waals surface area contributed by atoms with Crippen molar-refractivity contribution in [2.24, 2.45) is 0 Å². The molecule has 0 radical (unpaired) electrons. The number of nitrogen functional groups attached to an aromatic ring is 1. The van der Waals surface area contributed by atoms with Gasteiger partial charge < -0.3 is 10.6 Å². The van der Waals surface area contributed by atoms with Crippen LogP contribution in [0.5, 0.6) is 0 Å². The van der Waals surface area contributed by atoms with Crippen LogP contribution in [0, 0.1) is 0 Å². The zero-order valence-electron chi connectivity index (χ0n) is 9.59. The van der Waals surface area contributed by atoms with Crippen molar-refractivity contribution in [3.05, 3.63) is 6.20 Å². The normalized spacial score (nSPS) is 30.7. The molecule has 0 aliphatic carbocycles. The number of hydrogen-bond acceptors (Lipinski definition) is 5. The van der Waals surface area contributed by atoms with E-state index in [-0.39, 0.29) is 0 Å². The first-order chi connectivity index (χ1) is 7.74. The summed E-state index contributed by atoms with van der Waals surface area (Å²) in [5, 5.41) is 1.91. The highest BCUT2D eigenvalue weighted by molar-refractivity contribution is 7.19. The van der Waals surface area contributed by atoms with Crippen molar-refractivity contribution in [3.63, 3.8) is 0 Å². The molecule has 2 saturated heterocycles. The van der Waals surface area contributed by atoms with Gasteiger partial charge in [0.15, 0.2) is 5.13 Å². The van der Waals surface area contributed by atoms with Crippen molar-refractivity contribution in [2.45, 2.75) is 31.8 Å². The minimum Gasteiger partial charge on any atom is -0.389 e. The van der Waals surface area contributed by atoms with Crippen LogP contribution in [0.4, 0.5) is 10.1 Å². The molecular formula is C11H18N4S. The molecule has 3 heterocycles. The molecule has 2 atom stereocenters. The molecule has 2 aliphatic heterocycles. The van der Waals surface area contributed by atoms with Gasteiger partial charge in [0.1, 0.15) is 5.00 Å². The first-order valence-corrected chi connectivity index (χ1v) is 6.77. The monoisotopic (exact) mass is 238 g/mol. The Balaban J connectivity index is 1.80. The molecule has 2 fully saturated rings. The molecule has 0 aromatic carbocycles. The first-order valence-electron chi connectivity index (χ1n) is 5.96. The summed E-state index contributed by atoms with van der Waals surface area (Å²) in [5.41, 5.74) is 5.76. The summed E-state index contributed by atoms with van der Waals surface area (Å²) in [4.78, 5) is 9.45. The lowest BCUT2D eigenvalue weighted by Crippen LogP contribution is -2.55. The van der Waals surface area contributed by atoms with E-state index in [1.807, 2.05) is 0 Å². The van der Waals surface area contributed by atoms with Gasteiger partial charge in [-0.2, -0.15) is 0 Å². The highest BCUT2D eigenvalue weighted by Gasteiger charge is 2.35. The summed E-state index contributed by atoms with van der Waals surface area (Å²) >= 11 is 1.61. The van der Waals surface area contributed by atoms with Crippen molar-refractivity contribution in [3.8, 4) is 0 Å². The number of nitrogens with zero attached hydrogens (tertiary/aromatic N) is 3. The second-order valence-corrected chi connectivity index (χ2v) is 5.88. The largest absolute Gasteiger partial charge is 0.389 e. The van der Waals surface area contributed by atoms with E-state index in [2.05, 4.69) is 21.7 Å². The average Bonchev–Trinajstić information content (AvgIpc) is 2.84. The predicted octanol–water partition coefficient (Wildman–Crippen LogP) is 1.40. The zero-order valence-corrected chi connectivity index (χ0v) is 10.4. The molecule has 0 spiro atoms. The number of anilines is 2. The van der Waals surface area contributed by atoms with E-state index in [1.54, 1.807) is 17.5 Å². The smallest absolute Gasteiger partial charge is 0.187 e. The molecule has 2 aliphatic rings. The molecule has 0 bridgehead atoms. The zero-order chi connectivity index (χ0) is 11.1. The molecule has 0 saturated carbocycles. The maximum absolute atomic E-state index is 5.76. The molecule has 2 unspecified atom stereocenters. The Bertz CT molecular complexity index is 378. The Morgan fingerprint density at radius 3 is 3.12 bits per heavy atom. The van der Waals surface area contributed by atoms with Gasteiger partial charge in [0.25, 0.3) is 0 Å². The van der Waals surface area contributed by atoms with E-state index < -0.39 is 0 Å². The Morgan fingerprint density at radius 1 is 1.50 bits per heavy atom. The van der Waals surface area contributed by atoms with Crippen molar-refractivity contribution in [1.82, 2.24) is 9.88 Å². The summed E-state index contributed by atoms with van der Waals surface area (Å²) in [6.45, 7) is 5.85. The van der Waals surface area contributed by atoms with Gasteiger partial charge in [-0.05, 0) is 26.3 Å². The van der Waals surface area contributed by atoms with E-state index in [9.17, 15) is 0 Å². The van der Waals surface area contributed by atoms with E-state index >= 15 is 0 Å². The molecule has 2 N–H and O–H groups in total. The number of thiazole rings is 1. The Labute approximate surface area is 100 Å². The van der Waals surface area contributed by atoms with Crippen LogP contribution < -0.4 is 10.6 Å². The molecule has 1 aromatic rings. The van der Waals surface area contributed by atoms with E-state index in [1.165, 1.54) is 25.9 Å². The second kappa shape index (κ2) is 3.89. The van der Waals surface area contributed by atoms with E-state index in [0.29, 0.717) is 6.04 Å². The fourth-order valence-corrected chi connectivity index (χ4v) is 3.66. The highest BCUT2D eigenvalue weighted by atomic mass is 32.1. The van der Waals surface area contributed by atoms with Crippen LogP contribution in [0.1, 0.15) is 19.8 Å². The molecule has 5 heteroatoms. The number of fused-ring (bicyclic) bond motifs is 1. The fourth-order valence-electron chi connectivity index (χ4n) is 2.86. The van der Waals surface area contributed by atoms with Crippen LogP contribution in [0.2, 0.25) is 0 Å². The van der Waals surface area contributed by atoms with Crippen LogP contribution in [-0.4, -0.2) is 41.6 Å². The lowest BCUT2D eigenvalue weighted by Gasteiger charge is -2.42. The maximum Gasteiger partial charge on any atom is 0.187 e. The van der Waals surface area contributed by atoms with Gasteiger partial charge in [-0.1, -0.05) is 11.3 Å². The Morgan fingerprint density at radius 2 is 2.38 bits per heavy atom. The fraction of sp³-hybridized carbons (Fsp3) is 0.727. The van der Waals surface area contributed by atoms with E-state index in [0.717, 1.165) is 22.7 Å². The van der Waals surface area contributed by atoms with Crippen LogP contribution >= 0.6 is 11.3 Å². The molecule has 88 valence electrons. The van der Waals surface area contributed by atoms with Crippen molar-refractivity contribution >= 4 is 21.5 Å². The molecule has 3 rings (SSSR count). The lowest BCUT2D eigenvalue weighted by molar-refractivity contribution is 0.203. The lowest BCUT2D eigenvalue weighted by atomic mass is 10.1.